The van der Waals surface area contributed by atoms with Crippen molar-refractivity contribution in [2.45, 2.75) is 155 Å². The zero-order chi connectivity index (χ0) is 46.6. The molecular formula is C48H80N6O9. The van der Waals surface area contributed by atoms with E-state index in [0.717, 1.165) is 16.7 Å². The van der Waals surface area contributed by atoms with Crippen LogP contribution in [-0.4, -0.2) is 143 Å². The van der Waals surface area contributed by atoms with Gasteiger partial charge in [0.1, 0.15) is 23.9 Å². The zero-order valence-electron chi connectivity index (χ0n) is 39.9. The second-order valence-electron chi connectivity index (χ2n) is 19.1. The largest absolute Gasteiger partial charge is 0.481 e. The molecule has 0 amide bonds. The summed E-state index contributed by atoms with van der Waals surface area (Å²) in [6.45, 7) is 18.0. The Morgan fingerprint density at radius 2 is 1.68 bits per heavy atom. The number of hydrazine groups is 1. The van der Waals surface area contributed by atoms with Crippen LogP contribution in [0.3, 0.4) is 0 Å². The second kappa shape index (κ2) is 23.7. The summed E-state index contributed by atoms with van der Waals surface area (Å²) in [6.07, 6.45) is 2.85. The van der Waals surface area contributed by atoms with Crippen LogP contribution in [0.1, 0.15) is 99.5 Å². The summed E-state index contributed by atoms with van der Waals surface area (Å²) in [7, 11) is 5.55. The van der Waals surface area contributed by atoms with Crippen LogP contribution in [0.4, 0.5) is 0 Å². The molecule has 0 bridgehead atoms. The van der Waals surface area contributed by atoms with Gasteiger partial charge in [-0.25, -0.2) is 10.8 Å². The van der Waals surface area contributed by atoms with Crippen molar-refractivity contribution in [1.29, 1.82) is 0 Å². The number of carbonyl (C=O) groups excluding carboxylic acids is 1. The molecule has 3 heterocycles. The molecule has 7 N–H and O–H groups in total. The van der Waals surface area contributed by atoms with Crippen molar-refractivity contribution in [3.63, 3.8) is 0 Å². The Kier molecular flexibility index (Phi) is 19.7. The fraction of sp³-hybridized carbons (Fsp3) is 0.708. The topological polar surface area (TPSA) is 199 Å². The maximum absolute atomic E-state index is 13.4. The Labute approximate surface area is 377 Å². The average molecular weight is 885 g/mol. The fourth-order valence-electron chi connectivity index (χ4n) is 9.52. The lowest BCUT2D eigenvalue weighted by Crippen LogP contribution is -2.59. The molecule has 63 heavy (non-hydrogen) atoms. The van der Waals surface area contributed by atoms with Crippen LogP contribution in [0.2, 0.25) is 0 Å². The molecule has 2 aromatic rings. The number of nitrogens with two attached hydrogens (primary N) is 2. The van der Waals surface area contributed by atoms with Crippen LogP contribution >= 0.6 is 0 Å². The first-order chi connectivity index (χ1) is 29.7. The van der Waals surface area contributed by atoms with Crippen LogP contribution in [0.5, 0.6) is 5.88 Å². The van der Waals surface area contributed by atoms with E-state index in [2.05, 4.69) is 30.7 Å². The summed E-state index contributed by atoms with van der Waals surface area (Å²) < 4.78 is 30.1. The molecule has 2 fully saturated rings. The van der Waals surface area contributed by atoms with Gasteiger partial charge in [-0.1, -0.05) is 52.0 Å². The van der Waals surface area contributed by atoms with Crippen molar-refractivity contribution in [2.24, 2.45) is 29.3 Å². The predicted molar refractivity (Wildman–Crippen MR) is 245 cm³/mol. The number of methoxy groups -OCH3 is 1. The molecule has 15 heteroatoms. The molecule has 15 nitrogen and oxygen atoms in total. The first-order valence-electron chi connectivity index (χ1n) is 22.8. The minimum atomic E-state index is -1.65. The lowest BCUT2D eigenvalue weighted by atomic mass is 9.81. The lowest BCUT2D eigenvalue weighted by Gasteiger charge is -2.47. The number of pyridine rings is 1. The Morgan fingerprint density at radius 3 is 2.32 bits per heavy atom. The molecule has 0 radical (unpaired) electrons. The fourth-order valence-corrected chi connectivity index (χ4v) is 9.52. The third-order valence-electron chi connectivity index (χ3n) is 13.0. The van der Waals surface area contributed by atoms with Gasteiger partial charge < -0.3 is 59.5 Å². The number of hydrogen-bond donors (Lipinski definition) is 5. The Balaban J connectivity index is 1.37. The van der Waals surface area contributed by atoms with E-state index in [1.165, 1.54) is 0 Å². The zero-order valence-corrected chi connectivity index (χ0v) is 39.9. The number of carbonyl (C=O) groups is 1. The van der Waals surface area contributed by atoms with Gasteiger partial charge in [-0.2, -0.15) is 0 Å². The Hall–Kier alpha value is -3.38. The highest BCUT2D eigenvalue weighted by Gasteiger charge is 2.47. The van der Waals surface area contributed by atoms with E-state index in [1.807, 2.05) is 83.1 Å². The summed E-state index contributed by atoms with van der Waals surface area (Å²) in [5, 5.41) is 36.0. The Morgan fingerprint density at radius 1 is 1.02 bits per heavy atom. The summed E-state index contributed by atoms with van der Waals surface area (Å²) in [5.74, 6) is 6.20. The van der Waals surface area contributed by atoms with E-state index in [0.29, 0.717) is 82.9 Å². The second-order valence-corrected chi connectivity index (χ2v) is 19.1. The number of nitrogens with zero attached hydrogens (tertiary/aromatic N) is 4. The van der Waals surface area contributed by atoms with E-state index < -0.39 is 53.7 Å². The van der Waals surface area contributed by atoms with Gasteiger partial charge in [-0.15, -0.1) is 0 Å². The highest BCUT2D eigenvalue weighted by molar-refractivity contribution is 5.72. The Bertz CT molecular complexity index is 1720. The van der Waals surface area contributed by atoms with E-state index in [-0.39, 0.29) is 24.0 Å². The molecule has 1 aromatic carbocycles. The number of cyclic esters (lactones) is 1. The minimum absolute atomic E-state index is 0.0549. The van der Waals surface area contributed by atoms with Gasteiger partial charge in [0.05, 0.1) is 44.5 Å². The van der Waals surface area contributed by atoms with Crippen molar-refractivity contribution in [2.75, 3.05) is 47.4 Å². The number of rotatable bonds is 15. The van der Waals surface area contributed by atoms with Gasteiger partial charge in [0.15, 0.2) is 6.29 Å². The van der Waals surface area contributed by atoms with Gasteiger partial charge in [0, 0.05) is 61.3 Å². The highest BCUT2D eigenvalue weighted by atomic mass is 16.6. The number of hydrogen-bond acceptors (Lipinski definition) is 15. The monoisotopic (exact) mass is 885 g/mol. The van der Waals surface area contributed by atoms with Crippen LogP contribution in [-0.2, 0) is 30.3 Å². The van der Waals surface area contributed by atoms with Crippen molar-refractivity contribution in [3.05, 3.63) is 60.1 Å². The molecule has 0 unspecified atom stereocenters. The van der Waals surface area contributed by atoms with Crippen LogP contribution < -0.4 is 16.3 Å². The molecule has 0 aliphatic carbocycles. The van der Waals surface area contributed by atoms with Gasteiger partial charge in [0.2, 0.25) is 5.88 Å². The molecule has 2 aliphatic heterocycles. The van der Waals surface area contributed by atoms with E-state index in [1.54, 1.807) is 31.4 Å². The van der Waals surface area contributed by atoms with Gasteiger partial charge in [-0.05, 0) is 103 Å². The summed E-state index contributed by atoms with van der Waals surface area (Å²) in [4.78, 5) is 21.9. The first kappa shape index (κ1) is 52.2. The van der Waals surface area contributed by atoms with Gasteiger partial charge >= 0.3 is 5.97 Å². The molecule has 356 valence electrons. The van der Waals surface area contributed by atoms with Crippen LogP contribution in [0.25, 0.3) is 11.1 Å². The van der Waals surface area contributed by atoms with E-state index in [4.69, 9.17) is 35.3 Å². The summed E-state index contributed by atoms with van der Waals surface area (Å²) in [5.41, 5.74) is 7.87. The molecule has 2 aliphatic rings. The van der Waals surface area contributed by atoms with E-state index >= 15 is 0 Å². The number of benzene rings is 1. The van der Waals surface area contributed by atoms with Crippen molar-refractivity contribution < 1.29 is 43.8 Å². The molecular weight excluding hydrogens is 805 g/mol. The number of esters is 1. The highest BCUT2D eigenvalue weighted by Crippen LogP contribution is 2.38. The van der Waals surface area contributed by atoms with Crippen molar-refractivity contribution in [3.8, 4) is 17.0 Å². The lowest BCUT2D eigenvalue weighted by molar-refractivity contribution is -0.273. The minimum Gasteiger partial charge on any atom is -0.481 e. The van der Waals surface area contributed by atoms with Crippen molar-refractivity contribution >= 4 is 5.97 Å². The standard InChI is InChI=1S/C48H80N6O9/c1-12-41-48(8,58)44(55)35(6)53(10)28-32(3)26-47(7,25-31(2)23-33(4)45(56)62-41)63-43-40(24-34(5)61-46(43)57)52(9)20-19-39(49)29-54(50)21-22-60-30-36-13-15-37(16-14-36)38-17-18-42(59-11)51-27-38/h13-18,27,29,31-35,40-41,43-44,46,55,57-58H,12,19-26,28,30,49-50H2,1-11H3/b39-29-/t31-,32+,33+,34+,35+,40-,41+,43+,44+,46+,47-,48+/m0/s1. The van der Waals surface area contributed by atoms with E-state index in [9.17, 15) is 20.1 Å². The number of aromatic nitrogens is 1. The van der Waals surface area contributed by atoms with Crippen molar-refractivity contribution in [1.82, 2.24) is 19.8 Å². The molecule has 2 saturated heterocycles. The third-order valence-corrected chi connectivity index (χ3v) is 13.0. The maximum atomic E-state index is 13.4. The van der Waals surface area contributed by atoms with Gasteiger partial charge in [0.25, 0.3) is 0 Å². The first-order valence-corrected chi connectivity index (χ1v) is 22.8. The smallest absolute Gasteiger partial charge is 0.309 e. The molecule has 12 atom stereocenters. The SMILES string of the molecule is CC[C@H]1OC(=O)[C@H](C)C[C@H](C)C[C@](C)(O[C@H]2[C@H](O)O[C@H](C)C[C@@H]2N(C)CC/C(N)=C/N(N)CCOCc2ccc(-c3ccc(OC)nc3)cc2)C[C@@H](C)CN(C)[C@H](C)[C@@H](O)[C@]1(C)O. The number of likely N-dealkylation sites (N-methyl/N-ethyl adjacent to an activating group) is 2. The van der Waals surface area contributed by atoms with Gasteiger partial charge in [-0.3, -0.25) is 4.79 Å². The summed E-state index contributed by atoms with van der Waals surface area (Å²) in [6, 6.07) is 11.4. The van der Waals surface area contributed by atoms with Crippen LogP contribution in [0.15, 0.2) is 54.5 Å². The number of aliphatic hydroxyl groups excluding tert-OH is 2. The molecule has 4 rings (SSSR count). The number of aliphatic hydroxyl groups is 3. The summed E-state index contributed by atoms with van der Waals surface area (Å²) >= 11 is 0. The third kappa shape index (κ3) is 15.1. The van der Waals surface area contributed by atoms with Crippen LogP contribution in [0, 0.1) is 17.8 Å². The number of ether oxygens (including phenoxy) is 5. The molecule has 0 spiro atoms. The molecule has 1 aromatic heterocycles. The maximum Gasteiger partial charge on any atom is 0.309 e. The average Bonchev–Trinajstić information content (AvgIpc) is 3.23. The molecule has 0 saturated carbocycles. The predicted octanol–water partition coefficient (Wildman–Crippen LogP) is 5.06. The normalized spacial score (nSPS) is 33.3. The quantitative estimate of drug-likeness (QED) is 0.0689.